The van der Waals surface area contributed by atoms with Gasteiger partial charge < -0.3 is 62.9 Å². The molecule has 59 heavy (non-hydrogen) atoms. The van der Waals surface area contributed by atoms with Gasteiger partial charge in [0.05, 0.1) is 57.6 Å². The summed E-state index contributed by atoms with van der Waals surface area (Å²) in [5.41, 5.74) is 12.1. The van der Waals surface area contributed by atoms with E-state index in [2.05, 4.69) is 37.2 Å². The van der Waals surface area contributed by atoms with E-state index < -0.39 is 73.0 Å². The second-order valence-corrected chi connectivity index (χ2v) is 12.4. The maximum Gasteiger partial charge on any atom is 0.255 e. The predicted octanol–water partition coefficient (Wildman–Crippen LogP) is -0.102. The first-order chi connectivity index (χ1) is 28.2. The van der Waals surface area contributed by atoms with Gasteiger partial charge in [-0.1, -0.05) is 12.1 Å². The lowest BCUT2D eigenvalue weighted by Crippen LogP contribution is -2.37. The zero-order valence-electron chi connectivity index (χ0n) is 32.2. The molecule has 310 valence electrons. The number of carbonyl (C=O) groups excluding carboxylic acids is 8. The molecular weight excluding hydrogens is 770 g/mol. The van der Waals surface area contributed by atoms with Gasteiger partial charge in [0.1, 0.15) is 11.5 Å². The monoisotopic (exact) mass is 813 g/mol. The Kier molecular flexibility index (Phi) is 15.8. The van der Waals surface area contributed by atoms with Crippen molar-refractivity contribution in [3.05, 3.63) is 101 Å². The number of ether oxygens (including phenoxy) is 3. The molecule has 11 N–H and O–H groups in total. The normalized spacial score (nSPS) is 13.0. The van der Waals surface area contributed by atoms with Crippen LogP contribution in [0.2, 0.25) is 0 Å². The van der Waals surface area contributed by atoms with Gasteiger partial charge in [0.2, 0.25) is 29.5 Å². The molecule has 0 aliphatic heterocycles. The summed E-state index contributed by atoms with van der Waals surface area (Å²) in [6.07, 6.45) is 2.81. The van der Waals surface area contributed by atoms with E-state index in [-0.39, 0.29) is 51.7 Å². The number of rotatable bonds is 18. The van der Waals surface area contributed by atoms with E-state index in [1.807, 2.05) is 0 Å². The van der Waals surface area contributed by atoms with Crippen LogP contribution in [-0.4, -0.2) is 101 Å². The Hall–Kier alpha value is -7.58. The number of methoxy groups -OCH3 is 3. The fourth-order valence-electron chi connectivity index (χ4n) is 5.49. The Bertz CT molecular complexity index is 2200. The Morgan fingerprint density at radius 1 is 0.627 bits per heavy atom. The number of primary amides is 1. The van der Waals surface area contributed by atoms with Crippen molar-refractivity contribution >= 4 is 64.3 Å². The molecule has 0 heterocycles. The summed E-state index contributed by atoms with van der Waals surface area (Å²) < 4.78 is 15.8. The van der Waals surface area contributed by atoms with Crippen molar-refractivity contribution in [3.8, 4) is 11.5 Å². The average Bonchev–Trinajstić information content (AvgIpc) is 3.23. The fourth-order valence-corrected chi connectivity index (χ4v) is 5.49. The van der Waals surface area contributed by atoms with E-state index >= 15 is 0 Å². The number of anilines is 3. The molecular formula is C39H43N9O11. The second kappa shape index (κ2) is 21.1. The van der Waals surface area contributed by atoms with Gasteiger partial charge in [0, 0.05) is 41.0 Å². The minimum atomic E-state index is -0.722. The molecule has 0 radical (unpaired) electrons. The second-order valence-electron chi connectivity index (χ2n) is 12.4. The fraction of sp³-hybridized carbons (Fsp3) is 0.231. The van der Waals surface area contributed by atoms with E-state index in [0.29, 0.717) is 17.8 Å². The average molecular weight is 814 g/mol. The highest BCUT2D eigenvalue weighted by Crippen LogP contribution is 2.24. The summed E-state index contributed by atoms with van der Waals surface area (Å²) in [5.74, 6) is -4.74. The molecule has 1 aliphatic rings. The molecule has 0 aromatic heterocycles. The highest BCUT2D eigenvalue weighted by atomic mass is 16.5. The van der Waals surface area contributed by atoms with Gasteiger partial charge in [-0.2, -0.15) is 0 Å². The lowest BCUT2D eigenvalue weighted by Gasteiger charge is -2.21. The smallest absolute Gasteiger partial charge is 0.255 e. The zero-order valence-corrected chi connectivity index (χ0v) is 32.2. The van der Waals surface area contributed by atoms with E-state index in [0.717, 1.165) is 0 Å². The summed E-state index contributed by atoms with van der Waals surface area (Å²) in [4.78, 5) is 100. The van der Waals surface area contributed by atoms with Crippen LogP contribution in [-0.2, 0) is 28.7 Å². The molecule has 0 saturated heterocycles. The standard InChI is InChI=1S/C39H43N9O11/c1-57-29-10-7-23(14-26(29)36(41)53)46-34(51)19-43-38(55)28-16-25(9-12-31(28)59-3)48-35(52)20-44-39(56)27-15-24(8-11-30(27)58-2)47-33(50)18-42-37(54)21-5-4-6-22(13-21)45-32(49)17-40/h4-9,11-16,29H,10,17-20,40H2,1-3H3,(H2,41,53)(H,42,54)(H,43,55)(H,44,56)(H,45,49)(H,46,51)(H,47,50)(H,48,52). The van der Waals surface area contributed by atoms with Crippen LogP contribution in [0.4, 0.5) is 17.1 Å². The maximum absolute atomic E-state index is 13.1. The van der Waals surface area contributed by atoms with E-state index in [1.54, 1.807) is 18.2 Å². The van der Waals surface area contributed by atoms with Gasteiger partial charge in [0.25, 0.3) is 17.7 Å². The molecule has 0 spiro atoms. The van der Waals surface area contributed by atoms with Crippen LogP contribution < -0.4 is 58.2 Å². The summed E-state index contributed by atoms with van der Waals surface area (Å²) in [6, 6.07) is 14.5. The third kappa shape index (κ3) is 12.7. The van der Waals surface area contributed by atoms with Crippen LogP contribution in [0.15, 0.2) is 84.1 Å². The quantitative estimate of drug-likeness (QED) is 0.0814. The minimum Gasteiger partial charge on any atom is -0.496 e. The molecule has 1 unspecified atom stereocenters. The first-order valence-corrected chi connectivity index (χ1v) is 17.7. The molecule has 4 rings (SSSR count). The summed E-state index contributed by atoms with van der Waals surface area (Å²) >= 11 is 0. The van der Waals surface area contributed by atoms with E-state index in [1.165, 1.54) is 75.9 Å². The number of amides is 8. The first-order valence-electron chi connectivity index (χ1n) is 17.7. The zero-order chi connectivity index (χ0) is 43.1. The summed E-state index contributed by atoms with van der Waals surface area (Å²) in [5, 5.41) is 17.7. The number of benzene rings is 3. The Morgan fingerprint density at radius 3 is 1.61 bits per heavy atom. The van der Waals surface area contributed by atoms with Gasteiger partial charge in [-0.25, -0.2) is 0 Å². The number of hydrogen-bond acceptors (Lipinski definition) is 12. The highest BCUT2D eigenvalue weighted by Gasteiger charge is 2.23. The topological polar surface area (TPSA) is 300 Å². The Morgan fingerprint density at radius 2 is 1.12 bits per heavy atom. The van der Waals surface area contributed by atoms with Gasteiger partial charge in [-0.3, -0.25) is 38.4 Å². The van der Waals surface area contributed by atoms with Crippen molar-refractivity contribution in [3.63, 3.8) is 0 Å². The number of hydrogen-bond donors (Lipinski definition) is 9. The van der Waals surface area contributed by atoms with Gasteiger partial charge in [-0.05, 0) is 67.1 Å². The Balaban J connectivity index is 1.30. The van der Waals surface area contributed by atoms with Crippen molar-refractivity contribution in [1.82, 2.24) is 21.3 Å². The van der Waals surface area contributed by atoms with Crippen molar-refractivity contribution in [1.29, 1.82) is 0 Å². The third-order valence-corrected chi connectivity index (χ3v) is 8.34. The van der Waals surface area contributed by atoms with Crippen molar-refractivity contribution in [2.24, 2.45) is 11.5 Å². The van der Waals surface area contributed by atoms with Crippen LogP contribution >= 0.6 is 0 Å². The molecule has 20 nitrogen and oxygen atoms in total. The van der Waals surface area contributed by atoms with Crippen molar-refractivity contribution < 1.29 is 52.6 Å². The van der Waals surface area contributed by atoms with Crippen LogP contribution in [0, 0.1) is 0 Å². The number of nitrogens with two attached hydrogens (primary N) is 2. The molecule has 0 bridgehead atoms. The van der Waals surface area contributed by atoms with Crippen molar-refractivity contribution in [2.45, 2.75) is 12.5 Å². The summed E-state index contributed by atoms with van der Waals surface area (Å²) in [7, 11) is 4.09. The highest BCUT2D eigenvalue weighted by molar-refractivity contribution is 6.05. The minimum absolute atomic E-state index is 0.0106. The number of nitrogens with one attached hydrogen (secondary N) is 7. The molecule has 8 amide bonds. The van der Waals surface area contributed by atoms with Gasteiger partial charge in [0.15, 0.2) is 0 Å². The van der Waals surface area contributed by atoms with Crippen LogP contribution in [0.1, 0.15) is 37.5 Å². The predicted molar refractivity (Wildman–Crippen MR) is 213 cm³/mol. The van der Waals surface area contributed by atoms with E-state index in [9.17, 15) is 38.4 Å². The van der Waals surface area contributed by atoms with Crippen LogP contribution in [0.25, 0.3) is 0 Å². The number of carbonyl (C=O) groups is 8. The Labute approximate surface area is 337 Å². The first kappa shape index (κ1) is 44.1. The van der Waals surface area contributed by atoms with Crippen LogP contribution in [0.3, 0.4) is 0 Å². The van der Waals surface area contributed by atoms with Crippen molar-refractivity contribution in [2.75, 3.05) is 63.5 Å². The van der Waals surface area contributed by atoms with Gasteiger partial charge >= 0.3 is 0 Å². The number of allylic oxidation sites excluding steroid dienone is 1. The largest absolute Gasteiger partial charge is 0.496 e. The summed E-state index contributed by atoms with van der Waals surface area (Å²) in [6.45, 7) is -1.62. The van der Waals surface area contributed by atoms with Gasteiger partial charge in [-0.15, -0.1) is 0 Å². The molecule has 3 aromatic carbocycles. The van der Waals surface area contributed by atoms with E-state index in [4.69, 9.17) is 25.7 Å². The molecule has 0 saturated carbocycles. The lowest BCUT2D eigenvalue weighted by molar-refractivity contribution is -0.119. The lowest BCUT2D eigenvalue weighted by atomic mass is 9.99. The molecule has 20 heteroatoms. The van der Waals surface area contributed by atoms with Crippen LogP contribution in [0.5, 0.6) is 11.5 Å². The molecule has 1 atom stereocenters. The molecule has 3 aromatic rings. The maximum atomic E-state index is 13.1. The molecule has 0 fully saturated rings. The third-order valence-electron chi connectivity index (χ3n) is 8.34. The molecule has 1 aliphatic carbocycles. The SMILES string of the molecule is COc1ccc(NC(=O)CNC(=O)c2cc(NC(=O)CNC(=O)c3cccc(NC(=O)CN)c3)ccc2OC)cc1C(=O)NCC(=O)NC1=CCC(OC)C(C(N)=O)=C1.